The molecule has 238 valence electrons. The maximum atomic E-state index is 8.49. The Morgan fingerprint density at radius 1 is 0.277 bits per heavy atom. The number of pyridine rings is 6. The standard InChI is InChI=1S/3C10H8N2.2ClHO4.Zn/c3*1-3-7-11-9(5-1)10-6-2-4-8-12-10;2*2-1(3,4)5;/h3*1-8H;2*(H,2,3,4,5);/q;;;;;+2/p-2. The fourth-order valence-electron chi connectivity index (χ4n) is 3.09. The summed E-state index contributed by atoms with van der Waals surface area (Å²) in [6.45, 7) is 0. The maximum Gasteiger partial charge on any atom is 2.00 e. The van der Waals surface area contributed by atoms with Gasteiger partial charge in [0.1, 0.15) is 0 Å². The zero-order chi connectivity index (χ0) is 33.7. The van der Waals surface area contributed by atoms with Gasteiger partial charge < -0.3 is 0 Å². The van der Waals surface area contributed by atoms with E-state index in [-0.39, 0.29) is 19.5 Å². The molecule has 14 nitrogen and oxygen atoms in total. The molecular weight excluding hydrogens is 709 g/mol. The summed E-state index contributed by atoms with van der Waals surface area (Å²) >= 11 is 0. The minimum Gasteiger partial charge on any atom is -0.255 e. The molecule has 0 radical (unpaired) electrons. The molecule has 0 unspecified atom stereocenters. The zero-order valence-electron chi connectivity index (χ0n) is 24.3. The van der Waals surface area contributed by atoms with E-state index >= 15 is 0 Å². The molecule has 0 N–H and O–H groups in total. The van der Waals surface area contributed by atoms with Crippen molar-refractivity contribution >= 4 is 0 Å². The van der Waals surface area contributed by atoms with Gasteiger partial charge in [0.05, 0.1) is 34.2 Å². The van der Waals surface area contributed by atoms with Crippen LogP contribution in [0.5, 0.6) is 0 Å². The van der Waals surface area contributed by atoms with Gasteiger partial charge in [0.25, 0.3) is 0 Å². The van der Waals surface area contributed by atoms with Gasteiger partial charge in [-0.15, -0.1) is 20.5 Å². The summed E-state index contributed by atoms with van der Waals surface area (Å²) in [7, 11) is -9.89. The van der Waals surface area contributed by atoms with E-state index in [4.69, 9.17) is 37.3 Å². The van der Waals surface area contributed by atoms with Gasteiger partial charge in [0, 0.05) is 37.2 Å². The molecule has 47 heavy (non-hydrogen) atoms. The number of rotatable bonds is 3. The van der Waals surface area contributed by atoms with Crippen LogP contribution in [0.15, 0.2) is 146 Å². The van der Waals surface area contributed by atoms with Crippen molar-refractivity contribution in [2.75, 3.05) is 0 Å². The Morgan fingerprint density at radius 3 is 0.489 bits per heavy atom. The third kappa shape index (κ3) is 21.3. The summed E-state index contributed by atoms with van der Waals surface area (Å²) in [4.78, 5) is 25.1. The van der Waals surface area contributed by atoms with E-state index in [0.29, 0.717) is 0 Å². The number of aromatic nitrogens is 6. The SMILES string of the molecule is [O-][Cl+3]([O-])([O-])[O-].[O-][Cl+3]([O-])([O-])[O-].[Zn+2].c1ccc(-c2ccccn2)nc1.c1ccc(-c2ccccn2)nc1.c1ccc(-c2ccccn2)nc1. The molecule has 0 aromatic carbocycles. The molecule has 6 rings (SSSR count). The van der Waals surface area contributed by atoms with Crippen LogP contribution in [0, 0.1) is 20.5 Å². The van der Waals surface area contributed by atoms with E-state index in [2.05, 4.69) is 29.9 Å². The molecule has 0 saturated heterocycles. The Balaban J connectivity index is 0.000000307. The van der Waals surface area contributed by atoms with Crippen LogP contribution in [0.1, 0.15) is 0 Å². The average molecular weight is 733 g/mol. The molecule has 0 aliphatic rings. The van der Waals surface area contributed by atoms with Crippen LogP contribution in [-0.4, -0.2) is 29.9 Å². The van der Waals surface area contributed by atoms with Crippen LogP contribution < -0.4 is 37.3 Å². The van der Waals surface area contributed by atoms with Gasteiger partial charge in [-0.2, -0.15) is 0 Å². The molecule has 6 aromatic heterocycles. The third-order valence-electron chi connectivity index (χ3n) is 4.78. The minimum atomic E-state index is -4.94. The summed E-state index contributed by atoms with van der Waals surface area (Å²) in [5.74, 6) is 0. The molecule has 0 fully saturated rings. The van der Waals surface area contributed by atoms with Crippen LogP contribution in [0.2, 0.25) is 0 Å². The average Bonchev–Trinajstić information content (AvgIpc) is 3.06. The Morgan fingerprint density at radius 2 is 0.404 bits per heavy atom. The summed E-state index contributed by atoms with van der Waals surface area (Å²) in [5, 5.41) is 0. The van der Waals surface area contributed by atoms with E-state index in [1.807, 2.05) is 109 Å². The van der Waals surface area contributed by atoms with Crippen LogP contribution in [0.25, 0.3) is 34.2 Å². The molecule has 0 aliphatic heterocycles. The Bertz CT molecular complexity index is 1300. The van der Waals surface area contributed by atoms with Crippen molar-refractivity contribution in [2.24, 2.45) is 0 Å². The minimum absolute atomic E-state index is 0. The molecule has 0 aliphatic carbocycles. The van der Waals surface area contributed by atoms with Crippen molar-refractivity contribution in [3.63, 3.8) is 0 Å². The second-order valence-electron chi connectivity index (χ2n) is 8.05. The van der Waals surface area contributed by atoms with Gasteiger partial charge in [0.2, 0.25) is 0 Å². The number of hydrogen-bond donors (Lipinski definition) is 0. The first kappa shape index (κ1) is 40.8. The normalized spacial score (nSPS) is 9.96. The van der Waals surface area contributed by atoms with Crippen molar-refractivity contribution < 1.29 is 77.2 Å². The quantitative estimate of drug-likeness (QED) is 0.163. The maximum absolute atomic E-state index is 8.49. The summed E-state index contributed by atoms with van der Waals surface area (Å²) < 4.78 is 67.9. The van der Waals surface area contributed by atoms with Gasteiger partial charge in [-0.25, -0.2) is 37.3 Å². The Kier molecular flexibility index (Phi) is 19.4. The number of halogens is 2. The number of nitrogens with zero attached hydrogens (tertiary/aromatic N) is 6. The van der Waals surface area contributed by atoms with E-state index in [0.717, 1.165) is 34.2 Å². The van der Waals surface area contributed by atoms with Crippen LogP contribution in [0.4, 0.5) is 0 Å². The molecule has 0 amide bonds. The van der Waals surface area contributed by atoms with Crippen LogP contribution >= 0.6 is 0 Å². The molecule has 0 atom stereocenters. The van der Waals surface area contributed by atoms with Crippen molar-refractivity contribution in [1.29, 1.82) is 0 Å². The van der Waals surface area contributed by atoms with Crippen molar-refractivity contribution in [1.82, 2.24) is 29.9 Å². The molecular formula is C30H24Cl2N6O8Zn. The van der Waals surface area contributed by atoms with Crippen molar-refractivity contribution in [3.8, 4) is 34.2 Å². The fourth-order valence-corrected chi connectivity index (χ4v) is 3.09. The fraction of sp³-hybridized carbons (Fsp3) is 0. The molecule has 0 saturated carbocycles. The van der Waals surface area contributed by atoms with Crippen LogP contribution in [-0.2, 0) is 19.5 Å². The largest absolute Gasteiger partial charge is 2.00 e. The smallest absolute Gasteiger partial charge is 0.255 e. The first-order valence-electron chi connectivity index (χ1n) is 12.6. The molecule has 6 aromatic rings. The molecule has 6 heterocycles. The van der Waals surface area contributed by atoms with E-state index < -0.39 is 20.5 Å². The van der Waals surface area contributed by atoms with E-state index in [1.165, 1.54) is 0 Å². The summed E-state index contributed by atoms with van der Waals surface area (Å²) in [6.07, 6.45) is 10.6. The monoisotopic (exact) mass is 730 g/mol. The summed E-state index contributed by atoms with van der Waals surface area (Å²) in [6, 6.07) is 34.8. The van der Waals surface area contributed by atoms with Gasteiger partial charge in [-0.05, 0) is 72.8 Å². The number of hydrogen-bond acceptors (Lipinski definition) is 14. The van der Waals surface area contributed by atoms with E-state index in [1.54, 1.807) is 37.2 Å². The zero-order valence-corrected chi connectivity index (χ0v) is 28.7. The molecule has 17 heteroatoms. The van der Waals surface area contributed by atoms with Crippen molar-refractivity contribution in [2.45, 2.75) is 0 Å². The second-order valence-corrected chi connectivity index (χ2v) is 9.56. The first-order chi connectivity index (χ1) is 21.9. The van der Waals surface area contributed by atoms with Gasteiger partial charge in [-0.1, -0.05) is 36.4 Å². The summed E-state index contributed by atoms with van der Waals surface area (Å²) in [5.41, 5.74) is 5.49. The van der Waals surface area contributed by atoms with Crippen LogP contribution in [0.3, 0.4) is 0 Å². The third-order valence-corrected chi connectivity index (χ3v) is 4.78. The van der Waals surface area contributed by atoms with Crippen molar-refractivity contribution in [3.05, 3.63) is 146 Å². The van der Waals surface area contributed by atoms with Gasteiger partial charge in [0.15, 0.2) is 0 Å². The predicted octanol–water partition coefficient (Wildman–Crippen LogP) is -3.08. The molecule has 0 spiro atoms. The predicted molar refractivity (Wildman–Crippen MR) is 142 cm³/mol. The Hall–Kier alpha value is -4.22. The first-order valence-corrected chi connectivity index (χ1v) is 15.1. The van der Waals surface area contributed by atoms with Gasteiger partial charge >= 0.3 is 19.5 Å². The molecule has 0 bridgehead atoms. The Labute approximate surface area is 286 Å². The van der Waals surface area contributed by atoms with E-state index in [9.17, 15) is 0 Å². The topological polar surface area (TPSA) is 262 Å². The second kappa shape index (κ2) is 22.3. The van der Waals surface area contributed by atoms with Gasteiger partial charge in [-0.3, -0.25) is 29.9 Å².